The van der Waals surface area contributed by atoms with Crippen molar-refractivity contribution in [1.29, 1.82) is 0 Å². The van der Waals surface area contributed by atoms with Gasteiger partial charge in [0.2, 0.25) is 0 Å². The zero-order chi connectivity index (χ0) is 18.7. The van der Waals surface area contributed by atoms with Crippen molar-refractivity contribution in [2.75, 3.05) is 20.7 Å². The van der Waals surface area contributed by atoms with Crippen LogP contribution < -0.4 is 4.74 Å². The van der Waals surface area contributed by atoms with E-state index in [0.29, 0.717) is 24.3 Å². The maximum Gasteiger partial charge on any atom is 0.290 e. The van der Waals surface area contributed by atoms with E-state index in [9.17, 15) is 4.79 Å². The Bertz CT molecular complexity index is 711. The molecular formula is C21H28N2O3. The molecule has 26 heavy (non-hydrogen) atoms. The number of amides is 1. The minimum atomic E-state index is -0.0422. The summed E-state index contributed by atoms with van der Waals surface area (Å²) >= 11 is 0. The molecule has 0 spiro atoms. The van der Waals surface area contributed by atoms with Crippen molar-refractivity contribution in [3.05, 3.63) is 54.0 Å². The highest BCUT2D eigenvalue weighted by Gasteiger charge is 2.36. The highest BCUT2D eigenvalue weighted by Crippen LogP contribution is 2.28. The summed E-state index contributed by atoms with van der Waals surface area (Å²) in [6.07, 6.45) is 2.51. The summed E-state index contributed by atoms with van der Waals surface area (Å²) in [5, 5.41) is 0. The van der Waals surface area contributed by atoms with Crippen LogP contribution in [0.25, 0.3) is 0 Å². The molecule has 1 saturated heterocycles. The van der Waals surface area contributed by atoms with Crippen molar-refractivity contribution in [1.82, 2.24) is 9.80 Å². The maximum absolute atomic E-state index is 13.2. The predicted molar refractivity (Wildman–Crippen MR) is 101 cm³/mol. The molecule has 1 amide bonds. The Morgan fingerprint density at radius 3 is 2.62 bits per heavy atom. The van der Waals surface area contributed by atoms with Crippen molar-refractivity contribution in [3.63, 3.8) is 0 Å². The van der Waals surface area contributed by atoms with E-state index < -0.39 is 0 Å². The summed E-state index contributed by atoms with van der Waals surface area (Å²) in [6.45, 7) is 6.00. The molecule has 3 atom stereocenters. The SMILES string of the molecule is COc1ccc(CN(C(=O)c2ccco2)[C@H]2C[C@@H](C)N(C)C[C@H]2C)cc1. The zero-order valence-electron chi connectivity index (χ0n) is 16.0. The number of nitrogens with zero attached hydrogens (tertiary/aromatic N) is 2. The van der Waals surface area contributed by atoms with E-state index in [1.807, 2.05) is 29.2 Å². The molecule has 2 heterocycles. The number of carbonyl (C=O) groups is 1. The smallest absolute Gasteiger partial charge is 0.290 e. The van der Waals surface area contributed by atoms with E-state index in [0.717, 1.165) is 24.3 Å². The van der Waals surface area contributed by atoms with Gasteiger partial charge in [-0.05, 0) is 56.1 Å². The second-order valence-electron chi connectivity index (χ2n) is 7.33. The van der Waals surface area contributed by atoms with Gasteiger partial charge in [-0.15, -0.1) is 0 Å². The number of methoxy groups -OCH3 is 1. The second-order valence-corrected chi connectivity index (χ2v) is 7.33. The number of ether oxygens (including phenoxy) is 1. The number of furan rings is 1. The molecule has 0 aliphatic carbocycles. The first-order valence-corrected chi connectivity index (χ1v) is 9.17. The summed E-state index contributed by atoms with van der Waals surface area (Å²) in [5.41, 5.74) is 1.09. The Labute approximate surface area is 155 Å². The first kappa shape index (κ1) is 18.5. The first-order chi connectivity index (χ1) is 12.5. The van der Waals surface area contributed by atoms with E-state index in [1.165, 1.54) is 0 Å². The van der Waals surface area contributed by atoms with E-state index in [4.69, 9.17) is 9.15 Å². The molecule has 3 rings (SSSR count). The maximum atomic E-state index is 13.2. The average molecular weight is 356 g/mol. The van der Waals surface area contributed by atoms with Gasteiger partial charge < -0.3 is 19.0 Å². The molecule has 140 valence electrons. The Morgan fingerprint density at radius 2 is 2.00 bits per heavy atom. The molecule has 0 radical (unpaired) electrons. The number of rotatable bonds is 5. The van der Waals surface area contributed by atoms with Crippen LogP contribution in [0.5, 0.6) is 5.75 Å². The molecule has 1 aromatic heterocycles. The Kier molecular flexibility index (Phi) is 5.67. The van der Waals surface area contributed by atoms with Crippen LogP contribution in [0.1, 0.15) is 36.4 Å². The number of piperidine rings is 1. The second kappa shape index (κ2) is 7.96. The lowest BCUT2D eigenvalue weighted by atomic mass is 9.88. The van der Waals surface area contributed by atoms with Crippen molar-refractivity contribution in [2.24, 2.45) is 5.92 Å². The van der Waals surface area contributed by atoms with Gasteiger partial charge in [-0.2, -0.15) is 0 Å². The quantitative estimate of drug-likeness (QED) is 0.820. The fourth-order valence-electron chi connectivity index (χ4n) is 3.76. The van der Waals surface area contributed by atoms with Crippen molar-refractivity contribution >= 4 is 5.91 Å². The Morgan fingerprint density at radius 1 is 1.27 bits per heavy atom. The number of carbonyl (C=O) groups excluding carboxylic acids is 1. The van der Waals surface area contributed by atoms with Crippen LogP contribution >= 0.6 is 0 Å². The molecule has 1 aromatic carbocycles. The average Bonchev–Trinajstić information content (AvgIpc) is 3.18. The van der Waals surface area contributed by atoms with E-state index >= 15 is 0 Å². The van der Waals surface area contributed by atoms with Crippen LogP contribution in [0.2, 0.25) is 0 Å². The van der Waals surface area contributed by atoms with Crippen molar-refractivity contribution < 1.29 is 13.9 Å². The zero-order valence-corrected chi connectivity index (χ0v) is 16.0. The third-order valence-corrected chi connectivity index (χ3v) is 5.47. The van der Waals surface area contributed by atoms with Crippen LogP contribution in [0.4, 0.5) is 0 Å². The molecule has 5 nitrogen and oxygen atoms in total. The van der Waals surface area contributed by atoms with Gasteiger partial charge >= 0.3 is 0 Å². The minimum Gasteiger partial charge on any atom is -0.497 e. The molecule has 0 N–H and O–H groups in total. The van der Waals surface area contributed by atoms with Gasteiger partial charge in [-0.3, -0.25) is 4.79 Å². The van der Waals surface area contributed by atoms with Crippen LogP contribution in [0, 0.1) is 5.92 Å². The lowest BCUT2D eigenvalue weighted by Gasteiger charge is -2.44. The van der Waals surface area contributed by atoms with Gasteiger partial charge in [0.05, 0.1) is 13.4 Å². The number of hydrogen-bond acceptors (Lipinski definition) is 4. The fourth-order valence-corrected chi connectivity index (χ4v) is 3.76. The van der Waals surface area contributed by atoms with Crippen LogP contribution in [0.3, 0.4) is 0 Å². The monoisotopic (exact) mass is 356 g/mol. The molecule has 1 fully saturated rings. The van der Waals surface area contributed by atoms with Gasteiger partial charge in [0, 0.05) is 25.2 Å². The summed E-state index contributed by atoms with van der Waals surface area (Å²) in [4.78, 5) is 17.5. The highest BCUT2D eigenvalue weighted by atomic mass is 16.5. The summed E-state index contributed by atoms with van der Waals surface area (Å²) < 4.78 is 10.6. The Balaban J connectivity index is 1.87. The number of hydrogen-bond donors (Lipinski definition) is 0. The molecule has 1 aliphatic rings. The lowest BCUT2D eigenvalue weighted by molar-refractivity contribution is 0.0290. The third-order valence-electron chi connectivity index (χ3n) is 5.47. The molecular weight excluding hydrogens is 328 g/mol. The molecule has 2 aromatic rings. The van der Waals surface area contributed by atoms with Gasteiger partial charge in [-0.1, -0.05) is 19.1 Å². The summed E-state index contributed by atoms with van der Waals surface area (Å²) in [7, 11) is 3.81. The van der Waals surface area contributed by atoms with Gasteiger partial charge in [-0.25, -0.2) is 0 Å². The van der Waals surface area contributed by atoms with Gasteiger partial charge in [0.1, 0.15) is 5.75 Å². The van der Waals surface area contributed by atoms with E-state index in [2.05, 4.69) is 25.8 Å². The highest BCUT2D eigenvalue weighted by molar-refractivity contribution is 5.91. The molecule has 5 heteroatoms. The molecule has 1 aliphatic heterocycles. The fraction of sp³-hybridized carbons (Fsp3) is 0.476. The van der Waals surface area contributed by atoms with Gasteiger partial charge in [0.15, 0.2) is 5.76 Å². The summed E-state index contributed by atoms with van der Waals surface area (Å²) in [6, 6.07) is 12.0. The van der Waals surface area contributed by atoms with Crippen LogP contribution in [0.15, 0.2) is 47.1 Å². The Hall–Kier alpha value is -2.27. The predicted octanol–water partition coefficient (Wildman–Crippen LogP) is 3.66. The normalized spacial score (nSPS) is 23.6. The van der Waals surface area contributed by atoms with Crippen molar-refractivity contribution in [3.8, 4) is 5.75 Å². The largest absolute Gasteiger partial charge is 0.497 e. The lowest BCUT2D eigenvalue weighted by Crippen LogP contribution is -2.53. The van der Waals surface area contributed by atoms with E-state index in [-0.39, 0.29) is 11.9 Å². The number of benzene rings is 1. The molecule has 0 saturated carbocycles. The van der Waals surface area contributed by atoms with Crippen LogP contribution in [-0.2, 0) is 6.54 Å². The topological polar surface area (TPSA) is 45.9 Å². The van der Waals surface area contributed by atoms with E-state index in [1.54, 1.807) is 25.5 Å². The molecule has 0 bridgehead atoms. The van der Waals surface area contributed by atoms with Crippen molar-refractivity contribution in [2.45, 2.75) is 38.9 Å². The minimum absolute atomic E-state index is 0.0422. The number of likely N-dealkylation sites (tertiary alicyclic amines) is 1. The standard InChI is InChI=1S/C21H28N2O3/c1-15-13-22(3)16(2)12-19(15)23(21(24)20-6-5-11-26-20)14-17-7-9-18(25-4)10-8-17/h5-11,15-16,19H,12-14H2,1-4H3/t15-,16-,19+/m1/s1. The molecule has 0 unspecified atom stereocenters. The van der Waals surface area contributed by atoms with Crippen LogP contribution in [-0.4, -0.2) is 48.5 Å². The van der Waals surface area contributed by atoms with Gasteiger partial charge in [0.25, 0.3) is 5.91 Å². The summed E-state index contributed by atoms with van der Waals surface area (Å²) in [5.74, 6) is 1.57. The first-order valence-electron chi connectivity index (χ1n) is 9.17. The third kappa shape index (κ3) is 3.93.